The highest BCUT2D eigenvalue weighted by molar-refractivity contribution is 6.31. The number of benzene rings is 1. The first-order valence-electron chi connectivity index (χ1n) is 5.93. The number of hydrogen-bond acceptors (Lipinski definition) is 1. The van der Waals surface area contributed by atoms with Crippen molar-refractivity contribution in [3.63, 3.8) is 0 Å². The molecule has 0 aliphatic heterocycles. The Morgan fingerprint density at radius 1 is 1.06 bits per heavy atom. The van der Waals surface area contributed by atoms with Crippen molar-refractivity contribution in [1.29, 1.82) is 0 Å². The molecular weight excluding hydrogens is 244 g/mol. The van der Waals surface area contributed by atoms with Crippen molar-refractivity contribution < 1.29 is 8.78 Å². The quantitative estimate of drug-likeness (QED) is 0.579. The number of nitrogens with one attached hydrogen (secondary N) is 1. The SMILES string of the molecule is CNCCCCCCc1cc(F)c(F)cc1Cl. The van der Waals surface area contributed by atoms with Gasteiger partial charge in [0, 0.05) is 5.02 Å². The lowest BCUT2D eigenvalue weighted by Gasteiger charge is -2.05. The van der Waals surface area contributed by atoms with Crippen molar-refractivity contribution in [2.45, 2.75) is 32.1 Å². The van der Waals surface area contributed by atoms with E-state index in [1.54, 1.807) is 0 Å². The lowest BCUT2D eigenvalue weighted by Crippen LogP contribution is -2.06. The van der Waals surface area contributed by atoms with Crippen LogP contribution in [-0.2, 0) is 6.42 Å². The van der Waals surface area contributed by atoms with Crippen LogP contribution >= 0.6 is 11.6 Å². The Kier molecular flexibility index (Phi) is 6.45. The molecule has 0 unspecified atom stereocenters. The first-order valence-corrected chi connectivity index (χ1v) is 6.31. The number of rotatable bonds is 7. The topological polar surface area (TPSA) is 12.0 Å². The molecule has 96 valence electrons. The Morgan fingerprint density at radius 3 is 2.41 bits per heavy atom. The molecule has 0 aliphatic carbocycles. The van der Waals surface area contributed by atoms with Crippen molar-refractivity contribution in [2.24, 2.45) is 0 Å². The largest absolute Gasteiger partial charge is 0.320 e. The second-order valence-electron chi connectivity index (χ2n) is 4.13. The summed E-state index contributed by atoms with van der Waals surface area (Å²) in [5.41, 5.74) is 0.694. The van der Waals surface area contributed by atoms with Gasteiger partial charge in [0.25, 0.3) is 0 Å². The molecule has 0 spiro atoms. The van der Waals surface area contributed by atoms with E-state index in [9.17, 15) is 8.78 Å². The summed E-state index contributed by atoms with van der Waals surface area (Å²) in [6.07, 6.45) is 5.02. The second-order valence-corrected chi connectivity index (χ2v) is 4.53. The average molecular weight is 262 g/mol. The zero-order valence-corrected chi connectivity index (χ0v) is 10.8. The normalized spacial score (nSPS) is 10.8. The summed E-state index contributed by atoms with van der Waals surface area (Å²) in [6, 6.07) is 2.25. The van der Waals surface area contributed by atoms with Crippen molar-refractivity contribution in [2.75, 3.05) is 13.6 Å². The first kappa shape index (κ1) is 14.4. The van der Waals surface area contributed by atoms with E-state index in [-0.39, 0.29) is 0 Å². The van der Waals surface area contributed by atoms with Crippen LogP contribution < -0.4 is 5.32 Å². The van der Waals surface area contributed by atoms with E-state index in [4.69, 9.17) is 11.6 Å². The van der Waals surface area contributed by atoms with E-state index < -0.39 is 11.6 Å². The Bertz CT molecular complexity index is 356. The summed E-state index contributed by atoms with van der Waals surface area (Å²) >= 11 is 5.85. The van der Waals surface area contributed by atoms with Crippen LogP contribution in [0.4, 0.5) is 8.78 Å². The van der Waals surface area contributed by atoms with Crippen molar-refractivity contribution >= 4 is 11.6 Å². The predicted octanol–water partition coefficient (Wildman–Crippen LogP) is 3.94. The molecule has 4 heteroatoms. The average Bonchev–Trinajstić information content (AvgIpc) is 2.30. The fraction of sp³-hybridized carbons (Fsp3) is 0.538. The van der Waals surface area contributed by atoms with Crippen LogP contribution in [0.15, 0.2) is 12.1 Å². The maximum absolute atomic E-state index is 13.0. The molecule has 0 aromatic heterocycles. The summed E-state index contributed by atoms with van der Waals surface area (Å²) in [6.45, 7) is 1.02. The van der Waals surface area contributed by atoms with Crippen LogP contribution in [0.3, 0.4) is 0 Å². The van der Waals surface area contributed by atoms with E-state index >= 15 is 0 Å². The highest BCUT2D eigenvalue weighted by Crippen LogP contribution is 2.22. The molecule has 0 fully saturated rings. The number of unbranched alkanes of at least 4 members (excludes halogenated alkanes) is 3. The molecule has 1 nitrogen and oxygen atoms in total. The van der Waals surface area contributed by atoms with E-state index in [1.807, 2.05) is 7.05 Å². The first-order chi connectivity index (χ1) is 8.15. The van der Waals surface area contributed by atoms with Gasteiger partial charge in [0.15, 0.2) is 11.6 Å². The lowest BCUT2D eigenvalue weighted by atomic mass is 10.1. The van der Waals surface area contributed by atoms with Gasteiger partial charge >= 0.3 is 0 Å². The van der Waals surface area contributed by atoms with Gasteiger partial charge in [0.05, 0.1) is 0 Å². The summed E-state index contributed by atoms with van der Waals surface area (Å²) < 4.78 is 25.8. The van der Waals surface area contributed by atoms with E-state index in [0.29, 0.717) is 17.0 Å². The molecule has 1 N–H and O–H groups in total. The second kappa shape index (κ2) is 7.62. The molecule has 0 saturated heterocycles. The minimum Gasteiger partial charge on any atom is -0.320 e. The highest BCUT2D eigenvalue weighted by atomic mass is 35.5. The molecule has 0 radical (unpaired) electrons. The van der Waals surface area contributed by atoms with Gasteiger partial charge in [-0.15, -0.1) is 0 Å². The number of halogens is 3. The fourth-order valence-electron chi connectivity index (χ4n) is 1.73. The maximum Gasteiger partial charge on any atom is 0.160 e. The van der Waals surface area contributed by atoms with Crippen molar-refractivity contribution in [3.05, 3.63) is 34.4 Å². The van der Waals surface area contributed by atoms with Gasteiger partial charge in [-0.3, -0.25) is 0 Å². The predicted molar refractivity (Wildman–Crippen MR) is 67.5 cm³/mol. The molecule has 1 aromatic rings. The van der Waals surface area contributed by atoms with Gasteiger partial charge in [-0.25, -0.2) is 8.78 Å². The third kappa shape index (κ3) is 5.00. The van der Waals surface area contributed by atoms with E-state index in [1.165, 1.54) is 6.07 Å². The molecule has 0 heterocycles. The standard InChI is InChI=1S/C13H18ClF2N/c1-17-7-5-3-2-4-6-10-8-12(15)13(16)9-11(10)14/h8-9,17H,2-7H2,1H3. The molecular formula is C13H18ClF2N. The molecule has 0 saturated carbocycles. The highest BCUT2D eigenvalue weighted by Gasteiger charge is 2.07. The van der Waals surface area contributed by atoms with Crippen molar-refractivity contribution in [3.8, 4) is 0 Å². The minimum absolute atomic E-state index is 0.319. The molecule has 0 atom stereocenters. The zero-order chi connectivity index (χ0) is 12.7. The van der Waals surface area contributed by atoms with Gasteiger partial charge in [0.1, 0.15) is 0 Å². The van der Waals surface area contributed by atoms with Crippen LogP contribution in [0.2, 0.25) is 5.02 Å². The van der Waals surface area contributed by atoms with Gasteiger partial charge in [-0.2, -0.15) is 0 Å². The van der Waals surface area contributed by atoms with E-state index in [0.717, 1.165) is 38.3 Å². The Hall–Kier alpha value is -0.670. The van der Waals surface area contributed by atoms with Gasteiger partial charge in [-0.05, 0) is 50.6 Å². The third-order valence-electron chi connectivity index (χ3n) is 2.71. The third-order valence-corrected chi connectivity index (χ3v) is 3.06. The number of hydrogen-bond donors (Lipinski definition) is 1. The minimum atomic E-state index is -0.882. The van der Waals surface area contributed by atoms with Gasteiger partial charge in [-0.1, -0.05) is 24.4 Å². The van der Waals surface area contributed by atoms with Crippen LogP contribution in [-0.4, -0.2) is 13.6 Å². The summed E-state index contributed by atoms with van der Waals surface area (Å²) in [7, 11) is 1.93. The summed E-state index contributed by atoms with van der Waals surface area (Å²) in [4.78, 5) is 0. The van der Waals surface area contributed by atoms with Crippen LogP contribution in [0.5, 0.6) is 0 Å². The smallest absolute Gasteiger partial charge is 0.160 e. The maximum atomic E-state index is 13.0. The van der Waals surface area contributed by atoms with E-state index in [2.05, 4.69) is 5.32 Å². The van der Waals surface area contributed by atoms with Crippen LogP contribution in [0, 0.1) is 11.6 Å². The molecule has 0 aliphatic rings. The van der Waals surface area contributed by atoms with Crippen LogP contribution in [0.1, 0.15) is 31.2 Å². The fourth-order valence-corrected chi connectivity index (χ4v) is 1.97. The lowest BCUT2D eigenvalue weighted by molar-refractivity contribution is 0.506. The van der Waals surface area contributed by atoms with Crippen molar-refractivity contribution in [1.82, 2.24) is 5.32 Å². The molecule has 17 heavy (non-hydrogen) atoms. The summed E-state index contributed by atoms with van der Waals surface area (Å²) in [5, 5.41) is 3.41. The molecule has 0 bridgehead atoms. The molecule has 0 amide bonds. The Balaban J connectivity index is 2.34. The monoisotopic (exact) mass is 261 g/mol. The summed E-state index contributed by atoms with van der Waals surface area (Å²) in [5.74, 6) is -1.70. The Morgan fingerprint density at radius 2 is 1.71 bits per heavy atom. The van der Waals surface area contributed by atoms with Crippen LogP contribution in [0.25, 0.3) is 0 Å². The van der Waals surface area contributed by atoms with Gasteiger partial charge in [0.2, 0.25) is 0 Å². The Labute approximate surface area is 106 Å². The molecule has 1 rings (SSSR count). The zero-order valence-electron chi connectivity index (χ0n) is 10.0. The number of aryl methyl sites for hydroxylation is 1. The molecule has 1 aromatic carbocycles. The van der Waals surface area contributed by atoms with Gasteiger partial charge < -0.3 is 5.32 Å².